The van der Waals surface area contributed by atoms with Gasteiger partial charge in [0.1, 0.15) is 12.4 Å². The van der Waals surface area contributed by atoms with Crippen molar-refractivity contribution in [2.45, 2.75) is 65.5 Å². The number of nitrogens with zero attached hydrogens (tertiary/aromatic N) is 3. The zero-order chi connectivity index (χ0) is 29.0. The van der Waals surface area contributed by atoms with E-state index in [-0.39, 0.29) is 30.0 Å². The molecule has 1 aromatic heterocycles. The molecule has 0 radical (unpaired) electrons. The number of nitrogens with one attached hydrogen (secondary N) is 1. The number of ether oxygens (including phenoxy) is 1. The van der Waals surface area contributed by atoms with Gasteiger partial charge in [0, 0.05) is 24.0 Å². The van der Waals surface area contributed by atoms with Gasteiger partial charge in [-0.1, -0.05) is 45.0 Å². The molecule has 2 amide bonds. The maximum Gasteiger partial charge on any atom is 0.327 e. The van der Waals surface area contributed by atoms with Gasteiger partial charge in [-0.05, 0) is 61.4 Å². The van der Waals surface area contributed by atoms with E-state index in [1.54, 1.807) is 43.3 Å². The van der Waals surface area contributed by atoms with Crippen molar-refractivity contribution in [3.8, 4) is 0 Å². The largest absolute Gasteiger partial charge is 0.465 e. The fourth-order valence-corrected chi connectivity index (χ4v) is 5.21. The zero-order valence-electron chi connectivity index (χ0n) is 23.7. The van der Waals surface area contributed by atoms with Crippen LogP contribution in [0.2, 0.25) is 0 Å². The van der Waals surface area contributed by atoms with Crippen LogP contribution >= 0.6 is 0 Å². The number of halogens is 1. The Kier molecular flexibility index (Phi) is 8.71. The highest BCUT2D eigenvalue weighted by Crippen LogP contribution is 2.38. The normalized spacial score (nSPS) is 17.4. The molecule has 1 fully saturated rings. The van der Waals surface area contributed by atoms with E-state index in [0.29, 0.717) is 36.2 Å². The lowest BCUT2D eigenvalue weighted by Crippen LogP contribution is -2.46. The maximum atomic E-state index is 14.9. The number of carbonyl (C=O) groups excluding carboxylic acids is 3. The average Bonchev–Trinajstić information content (AvgIpc) is 3.35. The summed E-state index contributed by atoms with van der Waals surface area (Å²) < 4.78 is 21.4. The van der Waals surface area contributed by atoms with E-state index < -0.39 is 29.7 Å². The molecule has 2 heterocycles. The number of rotatable bonds is 7. The number of likely N-dealkylation sites (tertiary alicyclic amines) is 1. The second kappa shape index (κ2) is 12.0. The van der Waals surface area contributed by atoms with Crippen LogP contribution < -0.4 is 5.32 Å². The van der Waals surface area contributed by atoms with Crippen molar-refractivity contribution >= 4 is 23.5 Å². The van der Waals surface area contributed by atoms with E-state index in [1.165, 1.54) is 10.7 Å². The fourth-order valence-electron chi connectivity index (χ4n) is 5.21. The van der Waals surface area contributed by atoms with Crippen molar-refractivity contribution in [2.75, 3.05) is 18.5 Å². The Morgan fingerprint density at radius 3 is 2.60 bits per heavy atom. The molecule has 1 aliphatic rings. The van der Waals surface area contributed by atoms with Crippen molar-refractivity contribution in [1.29, 1.82) is 0 Å². The number of hydrogen-bond acceptors (Lipinski definition) is 5. The molecule has 1 aliphatic heterocycles. The van der Waals surface area contributed by atoms with E-state index in [0.717, 1.165) is 5.56 Å². The SMILES string of the molecule is CCOC(=O)Cn1cc([C@H]2[C@@H](C(=O)Nc3cccc(C(C)(C)C)c3)CCCN2C(=O)c2c(C)cccc2F)cn1. The van der Waals surface area contributed by atoms with Crippen LogP contribution in [0.5, 0.6) is 0 Å². The van der Waals surface area contributed by atoms with Crippen LogP contribution in [0.4, 0.5) is 10.1 Å². The third-order valence-corrected chi connectivity index (χ3v) is 7.25. The van der Waals surface area contributed by atoms with Crippen molar-refractivity contribution in [2.24, 2.45) is 5.92 Å². The molecule has 0 spiro atoms. The van der Waals surface area contributed by atoms with Gasteiger partial charge in [0.15, 0.2) is 0 Å². The van der Waals surface area contributed by atoms with Crippen LogP contribution in [-0.2, 0) is 26.3 Å². The summed E-state index contributed by atoms with van der Waals surface area (Å²) in [5.74, 6) is -2.39. The molecular formula is C31H37FN4O4. The van der Waals surface area contributed by atoms with Gasteiger partial charge in [0.05, 0.1) is 30.3 Å². The van der Waals surface area contributed by atoms with E-state index in [4.69, 9.17) is 4.74 Å². The van der Waals surface area contributed by atoms with Crippen LogP contribution in [0.1, 0.15) is 73.6 Å². The third kappa shape index (κ3) is 6.41. The summed E-state index contributed by atoms with van der Waals surface area (Å²) in [5.41, 5.74) is 2.76. The molecule has 1 saturated heterocycles. The second-order valence-electron chi connectivity index (χ2n) is 11.2. The fraction of sp³-hybridized carbons (Fsp3) is 0.419. The molecular weight excluding hydrogens is 511 g/mol. The van der Waals surface area contributed by atoms with Gasteiger partial charge in [-0.2, -0.15) is 5.10 Å². The lowest BCUT2D eigenvalue weighted by Gasteiger charge is -2.40. The molecule has 40 heavy (non-hydrogen) atoms. The Hall–Kier alpha value is -4.01. The summed E-state index contributed by atoms with van der Waals surface area (Å²) in [6.07, 6.45) is 4.32. The Bertz CT molecular complexity index is 1370. The smallest absolute Gasteiger partial charge is 0.327 e. The predicted octanol–water partition coefficient (Wildman–Crippen LogP) is 5.42. The first-order valence-corrected chi connectivity index (χ1v) is 13.6. The van der Waals surface area contributed by atoms with Crippen LogP contribution in [-0.4, -0.2) is 45.6 Å². The van der Waals surface area contributed by atoms with Crippen molar-refractivity contribution in [3.63, 3.8) is 0 Å². The van der Waals surface area contributed by atoms with E-state index in [1.807, 2.05) is 24.3 Å². The Balaban J connectivity index is 1.70. The standard InChI is InChI=1S/C31H37FN4O4/c1-6-40-26(37)19-35-18-21(17-33-35)28-24(29(38)34-23-12-8-11-22(16-23)31(3,4)5)13-9-15-36(28)30(39)27-20(2)10-7-14-25(27)32/h7-8,10-12,14,16-18,24,28H,6,9,13,15,19H2,1-5H3,(H,34,38)/t24-,28-/m0/s1. The maximum absolute atomic E-state index is 14.9. The molecule has 1 N–H and O–H groups in total. The minimum absolute atomic E-state index is 0.00893. The first-order valence-electron chi connectivity index (χ1n) is 13.6. The third-order valence-electron chi connectivity index (χ3n) is 7.25. The Labute approximate surface area is 234 Å². The molecule has 9 heteroatoms. The highest BCUT2D eigenvalue weighted by atomic mass is 19.1. The molecule has 2 atom stereocenters. The van der Waals surface area contributed by atoms with Gasteiger partial charge >= 0.3 is 5.97 Å². The minimum Gasteiger partial charge on any atom is -0.465 e. The minimum atomic E-state index is -0.706. The summed E-state index contributed by atoms with van der Waals surface area (Å²) in [4.78, 5) is 41.2. The van der Waals surface area contributed by atoms with E-state index in [2.05, 4.69) is 31.2 Å². The molecule has 0 unspecified atom stereocenters. The van der Waals surface area contributed by atoms with Gasteiger partial charge in [0.2, 0.25) is 5.91 Å². The van der Waals surface area contributed by atoms with Gasteiger partial charge in [-0.25, -0.2) is 4.39 Å². The summed E-state index contributed by atoms with van der Waals surface area (Å²) in [7, 11) is 0. The lowest BCUT2D eigenvalue weighted by molar-refractivity contribution is -0.144. The number of aromatic nitrogens is 2. The summed E-state index contributed by atoms with van der Waals surface area (Å²) >= 11 is 0. The summed E-state index contributed by atoms with van der Waals surface area (Å²) in [5, 5.41) is 7.35. The number of aryl methyl sites for hydroxylation is 1. The van der Waals surface area contributed by atoms with Crippen LogP contribution in [0.15, 0.2) is 54.9 Å². The highest BCUT2D eigenvalue weighted by molar-refractivity contribution is 5.98. The monoisotopic (exact) mass is 548 g/mol. The topological polar surface area (TPSA) is 93.5 Å². The number of amides is 2. The number of hydrogen-bond donors (Lipinski definition) is 1. The van der Waals surface area contributed by atoms with Crippen LogP contribution in [0.3, 0.4) is 0 Å². The number of piperidine rings is 1. The predicted molar refractivity (Wildman–Crippen MR) is 150 cm³/mol. The first kappa shape index (κ1) is 29.0. The molecule has 2 aromatic carbocycles. The molecule has 212 valence electrons. The second-order valence-corrected chi connectivity index (χ2v) is 11.2. The molecule has 0 aliphatic carbocycles. The van der Waals surface area contributed by atoms with Crippen molar-refractivity contribution < 1.29 is 23.5 Å². The van der Waals surface area contributed by atoms with Gasteiger partial charge < -0.3 is 15.0 Å². The Morgan fingerprint density at radius 1 is 1.15 bits per heavy atom. The molecule has 4 rings (SSSR count). The molecule has 0 saturated carbocycles. The quantitative estimate of drug-likeness (QED) is 0.398. The molecule has 0 bridgehead atoms. The Morgan fingerprint density at radius 2 is 1.90 bits per heavy atom. The number of benzene rings is 2. The number of anilines is 1. The average molecular weight is 549 g/mol. The van der Waals surface area contributed by atoms with Crippen molar-refractivity contribution in [1.82, 2.24) is 14.7 Å². The van der Waals surface area contributed by atoms with E-state index >= 15 is 0 Å². The molecule has 3 aromatic rings. The van der Waals surface area contributed by atoms with Gasteiger partial charge in [0.25, 0.3) is 5.91 Å². The molecule has 8 nitrogen and oxygen atoms in total. The highest BCUT2D eigenvalue weighted by Gasteiger charge is 2.41. The number of esters is 1. The van der Waals surface area contributed by atoms with Gasteiger partial charge in [-0.15, -0.1) is 0 Å². The van der Waals surface area contributed by atoms with Crippen molar-refractivity contribution in [3.05, 3.63) is 82.9 Å². The van der Waals surface area contributed by atoms with Gasteiger partial charge in [-0.3, -0.25) is 19.1 Å². The number of carbonyl (C=O) groups is 3. The first-order chi connectivity index (χ1) is 19.0. The zero-order valence-corrected chi connectivity index (χ0v) is 23.7. The van der Waals surface area contributed by atoms with E-state index in [9.17, 15) is 18.8 Å². The summed E-state index contributed by atoms with van der Waals surface area (Å²) in [6.45, 7) is 10.2. The van der Waals surface area contributed by atoms with Crippen LogP contribution in [0, 0.1) is 18.7 Å². The van der Waals surface area contributed by atoms with Crippen LogP contribution in [0.25, 0.3) is 0 Å². The summed E-state index contributed by atoms with van der Waals surface area (Å²) in [6, 6.07) is 11.5. The lowest BCUT2D eigenvalue weighted by atomic mass is 9.84.